The predicted molar refractivity (Wildman–Crippen MR) is 167 cm³/mol. The molecule has 41 heavy (non-hydrogen) atoms. The lowest BCUT2D eigenvalue weighted by atomic mass is 10.1. The van der Waals surface area contributed by atoms with Crippen LogP contribution in [0.15, 0.2) is 53.4 Å². The van der Waals surface area contributed by atoms with Gasteiger partial charge in [-0.3, -0.25) is 29.0 Å². The highest BCUT2D eigenvalue weighted by molar-refractivity contribution is 8.26. The zero-order valence-electron chi connectivity index (χ0n) is 22.6. The number of carboxylic acids is 1. The number of rotatable bonds is 14. The number of thioether (sulfide) groups is 1. The first kappa shape index (κ1) is 30.7. The van der Waals surface area contributed by atoms with Crippen LogP contribution in [0.2, 0.25) is 5.02 Å². The van der Waals surface area contributed by atoms with Gasteiger partial charge in [0.2, 0.25) is 5.91 Å². The van der Waals surface area contributed by atoms with E-state index in [1.54, 1.807) is 53.4 Å². The van der Waals surface area contributed by atoms with Crippen LogP contribution in [0.3, 0.4) is 0 Å². The molecule has 8 nitrogen and oxygen atoms in total. The van der Waals surface area contributed by atoms with E-state index in [9.17, 15) is 19.2 Å². The second-order valence-electron chi connectivity index (χ2n) is 9.94. The zero-order chi connectivity index (χ0) is 29.4. The number of nitrogens with one attached hydrogen (secondary N) is 1. The minimum absolute atomic E-state index is 0.230. The highest BCUT2D eigenvalue weighted by atomic mass is 35.5. The number of hydrogen-bond donors (Lipinski definition) is 2. The molecule has 1 fully saturated rings. The van der Waals surface area contributed by atoms with Crippen LogP contribution in [0.25, 0.3) is 5.57 Å². The lowest BCUT2D eigenvalue weighted by molar-refractivity contribution is -0.137. The Morgan fingerprint density at radius 3 is 2.20 bits per heavy atom. The Labute approximate surface area is 254 Å². The van der Waals surface area contributed by atoms with Gasteiger partial charge in [0.1, 0.15) is 10.9 Å². The van der Waals surface area contributed by atoms with E-state index in [0.717, 1.165) is 63.1 Å². The van der Waals surface area contributed by atoms with Gasteiger partial charge in [-0.2, -0.15) is 0 Å². The summed E-state index contributed by atoms with van der Waals surface area (Å²) in [6, 6.07) is 14.0. The summed E-state index contributed by atoms with van der Waals surface area (Å²) in [5.41, 5.74) is 1.90. The number of halogens is 1. The minimum Gasteiger partial charge on any atom is -0.481 e. The summed E-state index contributed by atoms with van der Waals surface area (Å²) >= 11 is 12.8. The smallest absolute Gasteiger partial charge is 0.303 e. The van der Waals surface area contributed by atoms with E-state index >= 15 is 0 Å². The first-order valence-corrected chi connectivity index (χ1v) is 15.3. The van der Waals surface area contributed by atoms with Gasteiger partial charge in [0.05, 0.1) is 26.9 Å². The van der Waals surface area contributed by atoms with E-state index in [0.29, 0.717) is 37.7 Å². The minimum atomic E-state index is -0.743. The average Bonchev–Trinajstić information content (AvgIpc) is 3.37. The number of unbranched alkanes of at least 4 members (excludes halogenated alkanes) is 7. The molecular weight excluding hydrogens is 582 g/mol. The Hall–Kier alpha value is -3.21. The predicted octanol–water partition coefficient (Wildman–Crippen LogP) is 6.49. The fraction of sp³-hybridized carbons (Fsp3) is 0.367. The van der Waals surface area contributed by atoms with Gasteiger partial charge in [-0.15, -0.1) is 0 Å². The van der Waals surface area contributed by atoms with Crippen LogP contribution in [0.5, 0.6) is 0 Å². The highest BCUT2D eigenvalue weighted by Gasteiger charge is 2.42. The molecule has 2 aromatic carbocycles. The Morgan fingerprint density at radius 1 is 0.854 bits per heavy atom. The Kier molecular flexibility index (Phi) is 11.0. The van der Waals surface area contributed by atoms with Crippen molar-refractivity contribution < 1.29 is 24.3 Å². The SMILES string of the molecule is O=C(O)CCCCCCCCCCN1C(=O)C(=C2C(=O)N(CC(=O)Nc3ccccc3Cl)c3ccccc32)SC1=S. The van der Waals surface area contributed by atoms with Crippen molar-refractivity contribution >= 4 is 80.5 Å². The number of benzene rings is 2. The van der Waals surface area contributed by atoms with Gasteiger partial charge in [-0.25, -0.2) is 0 Å². The van der Waals surface area contributed by atoms with E-state index in [1.165, 1.54) is 4.90 Å². The van der Waals surface area contributed by atoms with Crippen LogP contribution in [0.4, 0.5) is 11.4 Å². The molecule has 0 radical (unpaired) electrons. The average molecular weight is 614 g/mol. The lowest BCUT2D eigenvalue weighted by Gasteiger charge is -2.17. The number of fused-ring (bicyclic) bond motifs is 1. The number of anilines is 2. The summed E-state index contributed by atoms with van der Waals surface area (Å²) < 4.78 is 0.427. The fourth-order valence-corrected chi connectivity index (χ4v) is 6.46. The molecule has 0 spiro atoms. The molecular formula is C30H32ClN3O5S2. The van der Waals surface area contributed by atoms with Gasteiger partial charge in [-0.05, 0) is 31.0 Å². The molecule has 2 aromatic rings. The van der Waals surface area contributed by atoms with Crippen molar-refractivity contribution in [1.29, 1.82) is 0 Å². The normalized spacial score (nSPS) is 16.5. The van der Waals surface area contributed by atoms with Crippen molar-refractivity contribution in [2.24, 2.45) is 0 Å². The van der Waals surface area contributed by atoms with E-state index < -0.39 is 17.8 Å². The molecule has 2 N–H and O–H groups in total. The highest BCUT2D eigenvalue weighted by Crippen LogP contribution is 2.44. The third-order valence-electron chi connectivity index (χ3n) is 6.97. The van der Waals surface area contributed by atoms with Gasteiger partial charge in [0.25, 0.3) is 11.8 Å². The molecule has 3 amide bonds. The van der Waals surface area contributed by atoms with Crippen molar-refractivity contribution in [3.63, 3.8) is 0 Å². The Morgan fingerprint density at radius 2 is 1.49 bits per heavy atom. The molecule has 0 aromatic heterocycles. The number of carbonyl (C=O) groups excluding carboxylic acids is 3. The van der Waals surface area contributed by atoms with Gasteiger partial charge >= 0.3 is 5.97 Å². The van der Waals surface area contributed by atoms with E-state index in [2.05, 4.69) is 5.32 Å². The van der Waals surface area contributed by atoms with Crippen molar-refractivity contribution in [2.75, 3.05) is 23.3 Å². The quantitative estimate of drug-likeness (QED) is 0.142. The molecule has 2 heterocycles. The molecule has 1 saturated heterocycles. The number of para-hydroxylation sites is 2. The molecule has 2 aliphatic heterocycles. The van der Waals surface area contributed by atoms with E-state index in [-0.39, 0.29) is 24.4 Å². The number of nitrogens with zero attached hydrogens (tertiary/aromatic N) is 2. The maximum Gasteiger partial charge on any atom is 0.303 e. The van der Waals surface area contributed by atoms with E-state index in [4.69, 9.17) is 28.9 Å². The van der Waals surface area contributed by atoms with Crippen LogP contribution in [0, 0.1) is 0 Å². The largest absolute Gasteiger partial charge is 0.481 e. The van der Waals surface area contributed by atoms with Crippen LogP contribution in [-0.4, -0.2) is 51.1 Å². The third kappa shape index (κ3) is 7.75. The molecule has 0 unspecified atom stereocenters. The number of carboxylic acid groups (broad SMARTS) is 1. The van der Waals surface area contributed by atoms with Gasteiger partial charge in [0, 0.05) is 18.5 Å². The number of amides is 3. The van der Waals surface area contributed by atoms with Gasteiger partial charge in [-0.1, -0.05) is 104 Å². The monoisotopic (exact) mass is 613 g/mol. The summed E-state index contributed by atoms with van der Waals surface area (Å²) in [6.07, 6.45) is 7.84. The summed E-state index contributed by atoms with van der Waals surface area (Å²) in [5, 5.41) is 11.8. The lowest BCUT2D eigenvalue weighted by Crippen LogP contribution is -2.35. The zero-order valence-corrected chi connectivity index (χ0v) is 25.0. The topological polar surface area (TPSA) is 107 Å². The molecule has 0 atom stereocenters. The van der Waals surface area contributed by atoms with Gasteiger partial charge < -0.3 is 10.4 Å². The van der Waals surface area contributed by atoms with Crippen molar-refractivity contribution in [3.8, 4) is 0 Å². The van der Waals surface area contributed by atoms with Gasteiger partial charge in [0.15, 0.2) is 0 Å². The van der Waals surface area contributed by atoms with Crippen LogP contribution < -0.4 is 10.2 Å². The van der Waals surface area contributed by atoms with Crippen molar-refractivity contribution in [2.45, 2.75) is 57.8 Å². The second kappa shape index (κ2) is 14.6. The number of thiocarbonyl (C=S) groups is 1. The molecule has 0 aliphatic carbocycles. The number of aliphatic carboxylic acids is 1. The van der Waals surface area contributed by atoms with Crippen LogP contribution >= 0.6 is 35.6 Å². The molecule has 11 heteroatoms. The van der Waals surface area contributed by atoms with Crippen LogP contribution in [0.1, 0.15) is 63.4 Å². The molecule has 4 rings (SSSR count). The maximum atomic E-state index is 13.6. The molecule has 0 saturated carbocycles. The summed E-state index contributed by atoms with van der Waals surface area (Å²) in [4.78, 5) is 53.7. The third-order valence-corrected chi connectivity index (χ3v) is 8.75. The van der Waals surface area contributed by atoms with E-state index in [1.807, 2.05) is 0 Å². The first-order valence-electron chi connectivity index (χ1n) is 13.7. The van der Waals surface area contributed by atoms with Crippen molar-refractivity contribution in [1.82, 2.24) is 4.90 Å². The molecule has 2 aliphatic rings. The number of hydrogen-bond acceptors (Lipinski definition) is 6. The Balaban J connectivity index is 1.35. The number of carbonyl (C=O) groups is 4. The molecule has 0 bridgehead atoms. The summed E-state index contributed by atoms with van der Waals surface area (Å²) in [5.74, 6) is -1.84. The summed E-state index contributed by atoms with van der Waals surface area (Å²) in [7, 11) is 0. The fourth-order valence-electron chi connectivity index (χ4n) is 4.90. The van der Waals surface area contributed by atoms with Crippen molar-refractivity contribution in [3.05, 3.63) is 64.0 Å². The maximum absolute atomic E-state index is 13.6. The summed E-state index contributed by atoms with van der Waals surface area (Å²) in [6.45, 7) is 0.254. The Bertz CT molecular complexity index is 1380. The standard InChI is InChI=1S/C30H32ClN3O5S2/c31-21-14-9-10-15-22(21)32-24(35)19-34-23-16-11-8-13-20(23)26(28(34)38)27-29(39)33(30(40)41-27)18-12-6-4-2-1-3-5-7-17-25(36)37/h8-11,13-16H,1-7,12,17-19H2,(H,32,35)(H,36,37). The second-order valence-corrected chi connectivity index (χ2v) is 12.0. The molecule has 216 valence electrons. The van der Waals surface area contributed by atoms with Crippen LogP contribution in [-0.2, 0) is 19.2 Å². The first-order chi connectivity index (χ1) is 19.8.